The van der Waals surface area contributed by atoms with Gasteiger partial charge in [-0.15, -0.1) is 0 Å². The van der Waals surface area contributed by atoms with Crippen LogP contribution in [0, 0.1) is 5.92 Å². The molecular formula is C36H64O6. The molecule has 0 fully saturated rings. The van der Waals surface area contributed by atoms with Gasteiger partial charge in [0.25, 0.3) is 0 Å². The van der Waals surface area contributed by atoms with Gasteiger partial charge in [-0.3, -0.25) is 14.4 Å². The zero-order chi connectivity index (χ0) is 31.1. The zero-order valence-electron chi connectivity index (χ0n) is 27.4. The molecule has 0 aliphatic rings. The van der Waals surface area contributed by atoms with Crippen LogP contribution >= 0.6 is 0 Å². The second-order valence-corrected chi connectivity index (χ2v) is 11.9. The summed E-state index contributed by atoms with van der Waals surface area (Å²) in [6, 6.07) is 0. The number of hydrogen-bond acceptors (Lipinski definition) is 6. The second-order valence-electron chi connectivity index (χ2n) is 11.9. The third-order valence-corrected chi connectivity index (χ3v) is 7.76. The third-order valence-electron chi connectivity index (χ3n) is 7.76. The first-order valence-electron chi connectivity index (χ1n) is 17.2. The summed E-state index contributed by atoms with van der Waals surface area (Å²) in [5, 5.41) is 9.50. The van der Waals surface area contributed by atoms with Gasteiger partial charge in [0, 0.05) is 19.3 Å². The lowest BCUT2D eigenvalue weighted by molar-refractivity contribution is -0.161. The molecule has 42 heavy (non-hydrogen) atoms. The molecule has 0 aromatic heterocycles. The van der Waals surface area contributed by atoms with Crippen LogP contribution in [0.1, 0.15) is 162 Å². The number of aliphatic hydroxyl groups is 1. The molecule has 6 nitrogen and oxygen atoms in total. The number of unbranched alkanes of at least 4 members (excludes halogenated alkanes) is 14. The van der Waals surface area contributed by atoms with E-state index in [2.05, 4.69) is 26.8 Å². The zero-order valence-corrected chi connectivity index (χ0v) is 27.4. The number of esters is 2. The van der Waals surface area contributed by atoms with Crippen molar-refractivity contribution in [1.82, 2.24) is 0 Å². The molecule has 0 saturated carbocycles. The van der Waals surface area contributed by atoms with Crippen molar-refractivity contribution in [1.29, 1.82) is 0 Å². The van der Waals surface area contributed by atoms with E-state index < -0.39 is 6.10 Å². The van der Waals surface area contributed by atoms with Gasteiger partial charge >= 0.3 is 11.9 Å². The van der Waals surface area contributed by atoms with Crippen molar-refractivity contribution in [3.8, 4) is 0 Å². The maximum atomic E-state index is 12.1. The molecule has 6 heteroatoms. The first-order valence-corrected chi connectivity index (χ1v) is 17.2. The van der Waals surface area contributed by atoms with Crippen LogP contribution in [0.15, 0.2) is 24.3 Å². The molecule has 1 unspecified atom stereocenters. The van der Waals surface area contributed by atoms with Gasteiger partial charge in [-0.2, -0.15) is 0 Å². The lowest BCUT2D eigenvalue weighted by Gasteiger charge is -2.15. The summed E-state index contributed by atoms with van der Waals surface area (Å²) in [5.41, 5.74) is 0. The van der Waals surface area contributed by atoms with Gasteiger partial charge in [0.15, 0.2) is 11.9 Å². The fourth-order valence-corrected chi connectivity index (χ4v) is 4.69. The normalized spacial score (nSPS) is 13.0. The Morgan fingerprint density at radius 3 is 1.88 bits per heavy atom. The highest BCUT2D eigenvalue weighted by molar-refractivity contribution is 5.89. The highest BCUT2D eigenvalue weighted by Gasteiger charge is 2.16. The summed E-state index contributed by atoms with van der Waals surface area (Å²) < 4.78 is 10.5. The van der Waals surface area contributed by atoms with Crippen molar-refractivity contribution in [2.75, 3.05) is 13.2 Å². The minimum Gasteiger partial charge on any atom is -0.462 e. The second kappa shape index (κ2) is 30.5. The summed E-state index contributed by atoms with van der Waals surface area (Å²) in [6.07, 6.45) is 29.2. The van der Waals surface area contributed by atoms with Crippen LogP contribution in [0.3, 0.4) is 0 Å². The number of rotatable bonds is 30. The van der Waals surface area contributed by atoms with E-state index in [4.69, 9.17) is 9.47 Å². The Balaban J connectivity index is 3.68. The first-order chi connectivity index (χ1) is 20.4. The van der Waals surface area contributed by atoms with Crippen LogP contribution in [-0.4, -0.2) is 42.1 Å². The van der Waals surface area contributed by atoms with Crippen molar-refractivity contribution in [3.05, 3.63) is 24.3 Å². The van der Waals surface area contributed by atoms with E-state index in [1.807, 2.05) is 12.2 Å². The maximum absolute atomic E-state index is 12.1. The van der Waals surface area contributed by atoms with Crippen molar-refractivity contribution in [2.24, 2.45) is 5.92 Å². The predicted octanol–water partition coefficient (Wildman–Crippen LogP) is 9.37. The number of carbonyl (C=O) groups is 3. The van der Waals surface area contributed by atoms with Crippen LogP contribution in [-0.2, 0) is 23.9 Å². The molecule has 0 bridgehead atoms. The molecule has 0 aromatic carbocycles. The van der Waals surface area contributed by atoms with Gasteiger partial charge in [-0.1, -0.05) is 129 Å². The average molecular weight is 593 g/mol. The molecule has 0 aliphatic carbocycles. The number of hydrogen-bond donors (Lipinski definition) is 1. The standard InChI is InChI=1S/C36H64O6/c1-4-6-20-26-33(38)27-22-17-13-8-7-9-15-19-24-29-36(40)42-34(30-37)31-41-35(39)28-23-18-14-11-10-12-16-21-25-32(3)5-2/h13,17,22,27,32,34,37H,4-12,14-16,18-21,23-26,28-31H2,1-3H3/b17-13-,27-22+/t32?,34-/m0/s1. The van der Waals surface area contributed by atoms with Crippen molar-refractivity contribution in [3.63, 3.8) is 0 Å². The Morgan fingerprint density at radius 1 is 0.690 bits per heavy atom. The monoisotopic (exact) mass is 592 g/mol. The molecule has 0 amide bonds. The van der Waals surface area contributed by atoms with Gasteiger partial charge in [-0.25, -0.2) is 0 Å². The van der Waals surface area contributed by atoms with E-state index in [0.717, 1.165) is 83.0 Å². The number of ether oxygens (including phenoxy) is 2. The Kier molecular flexibility index (Phi) is 29.1. The van der Waals surface area contributed by atoms with Gasteiger partial charge in [0.05, 0.1) is 6.61 Å². The lowest BCUT2D eigenvalue weighted by atomic mass is 9.99. The summed E-state index contributed by atoms with van der Waals surface area (Å²) in [5.74, 6) is 0.394. The van der Waals surface area contributed by atoms with Crippen LogP contribution in [0.2, 0.25) is 0 Å². The van der Waals surface area contributed by atoms with E-state index in [0.29, 0.717) is 19.3 Å². The lowest BCUT2D eigenvalue weighted by Crippen LogP contribution is -2.28. The molecule has 244 valence electrons. The first kappa shape index (κ1) is 40.1. The van der Waals surface area contributed by atoms with Crippen molar-refractivity contribution < 1.29 is 29.0 Å². The largest absolute Gasteiger partial charge is 0.462 e. The molecule has 0 heterocycles. The molecule has 0 aliphatic heterocycles. The Hall–Kier alpha value is -1.95. The maximum Gasteiger partial charge on any atom is 0.306 e. The average Bonchev–Trinajstić information content (AvgIpc) is 2.98. The minimum absolute atomic E-state index is 0.0898. The summed E-state index contributed by atoms with van der Waals surface area (Å²) in [6.45, 7) is 6.28. The minimum atomic E-state index is -0.797. The number of allylic oxidation sites excluding steroid dienone is 4. The molecule has 2 atom stereocenters. The van der Waals surface area contributed by atoms with Gasteiger partial charge in [0.1, 0.15) is 6.61 Å². The third kappa shape index (κ3) is 28.2. The predicted molar refractivity (Wildman–Crippen MR) is 173 cm³/mol. The fourth-order valence-electron chi connectivity index (χ4n) is 4.69. The summed E-state index contributed by atoms with van der Waals surface area (Å²) >= 11 is 0. The van der Waals surface area contributed by atoms with E-state index >= 15 is 0 Å². The molecule has 0 radical (unpaired) electrons. The molecular weight excluding hydrogens is 528 g/mol. The van der Waals surface area contributed by atoms with E-state index in [9.17, 15) is 19.5 Å². The molecule has 0 rings (SSSR count). The van der Waals surface area contributed by atoms with Gasteiger partial charge < -0.3 is 14.6 Å². The number of carbonyl (C=O) groups excluding carboxylic acids is 3. The van der Waals surface area contributed by atoms with Crippen LogP contribution in [0.4, 0.5) is 0 Å². The van der Waals surface area contributed by atoms with E-state index in [1.54, 1.807) is 6.08 Å². The van der Waals surface area contributed by atoms with Crippen molar-refractivity contribution >= 4 is 17.7 Å². The van der Waals surface area contributed by atoms with E-state index in [1.165, 1.54) is 44.9 Å². The van der Waals surface area contributed by atoms with Crippen LogP contribution in [0.25, 0.3) is 0 Å². The smallest absolute Gasteiger partial charge is 0.306 e. The Bertz CT molecular complexity index is 714. The summed E-state index contributed by atoms with van der Waals surface area (Å²) in [4.78, 5) is 35.8. The SMILES string of the molecule is CCCCCC(=O)/C=C/C=C\CCCCCCCC(=O)O[C@@H](CO)COC(=O)CCCCCCCCCCC(C)CC. The van der Waals surface area contributed by atoms with Gasteiger partial charge in [0.2, 0.25) is 0 Å². The molecule has 0 spiro atoms. The molecule has 0 saturated heterocycles. The Morgan fingerprint density at radius 2 is 1.26 bits per heavy atom. The summed E-state index contributed by atoms with van der Waals surface area (Å²) in [7, 11) is 0. The Labute approximate surface area is 258 Å². The quantitative estimate of drug-likeness (QED) is 0.0387. The van der Waals surface area contributed by atoms with Crippen LogP contribution < -0.4 is 0 Å². The van der Waals surface area contributed by atoms with E-state index in [-0.39, 0.29) is 30.9 Å². The molecule has 0 aromatic rings. The number of aliphatic hydroxyl groups excluding tert-OH is 1. The van der Waals surface area contributed by atoms with Crippen molar-refractivity contribution in [2.45, 2.75) is 168 Å². The highest BCUT2D eigenvalue weighted by Crippen LogP contribution is 2.15. The topological polar surface area (TPSA) is 89.9 Å². The van der Waals surface area contributed by atoms with Gasteiger partial charge in [-0.05, 0) is 44.1 Å². The van der Waals surface area contributed by atoms with Crippen LogP contribution in [0.5, 0.6) is 0 Å². The highest BCUT2D eigenvalue weighted by atomic mass is 16.6. The number of ketones is 1. The molecule has 1 N–H and O–H groups in total. The fraction of sp³-hybridized carbons (Fsp3) is 0.806.